The number of benzene rings is 1. The van der Waals surface area contributed by atoms with Crippen molar-refractivity contribution < 1.29 is 0 Å². The zero-order valence-electron chi connectivity index (χ0n) is 10.9. The highest BCUT2D eigenvalue weighted by Crippen LogP contribution is 2.27. The summed E-state index contributed by atoms with van der Waals surface area (Å²) in [5.74, 6) is 2.26. The van der Waals surface area contributed by atoms with E-state index in [0.717, 1.165) is 42.2 Å². The van der Waals surface area contributed by atoms with Crippen LogP contribution in [0, 0.1) is 0 Å². The van der Waals surface area contributed by atoms with Crippen LogP contribution in [0.15, 0.2) is 36.7 Å². The number of imidazole rings is 1. The van der Waals surface area contributed by atoms with Crippen molar-refractivity contribution >= 4 is 22.7 Å². The summed E-state index contributed by atoms with van der Waals surface area (Å²) in [4.78, 5) is 15.3. The van der Waals surface area contributed by atoms with Crippen molar-refractivity contribution in [3.63, 3.8) is 0 Å². The summed E-state index contributed by atoms with van der Waals surface area (Å²) in [6, 6.07) is 7.95. The first kappa shape index (κ1) is 11.2. The van der Waals surface area contributed by atoms with E-state index in [2.05, 4.69) is 24.4 Å². The number of nitrogens with two attached hydrogens (primary N) is 1. The molecular weight excluding hydrogens is 252 g/mol. The zero-order valence-corrected chi connectivity index (χ0v) is 10.9. The molecule has 1 aromatic carbocycles. The van der Waals surface area contributed by atoms with E-state index in [-0.39, 0.29) is 0 Å². The maximum absolute atomic E-state index is 5.84. The summed E-state index contributed by atoms with van der Waals surface area (Å²) in [7, 11) is 0. The van der Waals surface area contributed by atoms with E-state index >= 15 is 0 Å². The Morgan fingerprint density at radius 2 is 2.00 bits per heavy atom. The Morgan fingerprint density at radius 3 is 2.95 bits per heavy atom. The molecule has 0 amide bonds. The summed E-state index contributed by atoms with van der Waals surface area (Å²) < 4.78 is 2.17. The standard InChI is InChI=1S/C14H14N6/c15-14-17-11-4-2-1-3-10(11)13(18-14)20-8-7-19-6-5-16-12(19)9-20/h1-6H,7-9H2,(H2,15,17,18). The van der Waals surface area contributed by atoms with Gasteiger partial charge >= 0.3 is 0 Å². The maximum atomic E-state index is 5.84. The first-order valence-corrected chi connectivity index (χ1v) is 6.58. The fourth-order valence-electron chi connectivity index (χ4n) is 2.67. The van der Waals surface area contributed by atoms with Crippen LogP contribution in [0.1, 0.15) is 5.82 Å². The van der Waals surface area contributed by atoms with Gasteiger partial charge in [-0.15, -0.1) is 0 Å². The van der Waals surface area contributed by atoms with Gasteiger partial charge in [0.25, 0.3) is 0 Å². The molecule has 0 fully saturated rings. The van der Waals surface area contributed by atoms with Gasteiger partial charge in [-0.1, -0.05) is 12.1 Å². The van der Waals surface area contributed by atoms with E-state index in [1.807, 2.05) is 36.7 Å². The first-order chi connectivity index (χ1) is 9.81. The minimum absolute atomic E-state index is 0.313. The number of nitrogen functional groups attached to an aromatic ring is 1. The van der Waals surface area contributed by atoms with Crippen LogP contribution in [0.2, 0.25) is 0 Å². The lowest BCUT2D eigenvalue weighted by molar-refractivity contribution is 0.557. The van der Waals surface area contributed by atoms with Gasteiger partial charge in [-0.25, -0.2) is 9.97 Å². The molecule has 3 heterocycles. The average molecular weight is 266 g/mol. The lowest BCUT2D eigenvalue weighted by atomic mass is 10.2. The van der Waals surface area contributed by atoms with Crippen molar-refractivity contribution in [1.82, 2.24) is 19.5 Å². The van der Waals surface area contributed by atoms with Crippen LogP contribution < -0.4 is 10.6 Å². The minimum atomic E-state index is 0.313. The average Bonchev–Trinajstić information content (AvgIpc) is 2.93. The normalized spacial score (nSPS) is 14.5. The van der Waals surface area contributed by atoms with Crippen LogP contribution >= 0.6 is 0 Å². The van der Waals surface area contributed by atoms with Gasteiger partial charge in [-0.05, 0) is 12.1 Å². The number of anilines is 2. The topological polar surface area (TPSA) is 72.9 Å². The van der Waals surface area contributed by atoms with Crippen molar-refractivity contribution in [2.45, 2.75) is 13.1 Å². The predicted molar refractivity (Wildman–Crippen MR) is 77.2 cm³/mol. The van der Waals surface area contributed by atoms with Gasteiger partial charge in [0, 0.05) is 30.9 Å². The molecule has 0 aliphatic carbocycles. The molecule has 6 heteroatoms. The van der Waals surface area contributed by atoms with E-state index in [1.54, 1.807) is 0 Å². The number of fused-ring (bicyclic) bond motifs is 2. The molecular formula is C14H14N6. The number of hydrogen-bond donors (Lipinski definition) is 1. The SMILES string of the molecule is Nc1nc(N2CCn3ccnc3C2)c2ccccc2n1. The van der Waals surface area contributed by atoms with E-state index in [9.17, 15) is 0 Å². The molecule has 1 aliphatic heterocycles. The molecule has 100 valence electrons. The highest BCUT2D eigenvalue weighted by Gasteiger charge is 2.20. The van der Waals surface area contributed by atoms with Gasteiger partial charge in [0.15, 0.2) is 0 Å². The van der Waals surface area contributed by atoms with Crippen molar-refractivity contribution in [2.24, 2.45) is 0 Å². The Balaban J connectivity index is 1.83. The summed E-state index contributed by atoms with van der Waals surface area (Å²) in [6.07, 6.45) is 3.85. The number of para-hydroxylation sites is 1. The van der Waals surface area contributed by atoms with E-state index in [1.165, 1.54) is 0 Å². The lowest BCUT2D eigenvalue weighted by Crippen LogP contribution is -2.34. The Morgan fingerprint density at radius 1 is 1.10 bits per heavy atom. The Bertz CT molecular complexity index is 778. The highest BCUT2D eigenvalue weighted by atomic mass is 15.3. The fourth-order valence-corrected chi connectivity index (χ4v) is 2.67. The largest absolute Gasteiger partial charge is 0.368 e. The number of nitrogens with zero attached hydrogens (tertiary/aromatic N) is 5. The minimum Gasteiger partial charge on any atom is -0.368 e. The van der Waals surface area contributed by atoms with Crippen molar-refractivity contribution in [3.05, 3.63) is 42.5 Å². The van der Waals surface area contributed by atoms with Crippen LogP contribution in [0.5, 0.6) is 0 Å². The second kappa shape index (κ2) is 4.19. The van der Waals surface area contributed by atoms with Crippen LogP contribution in [-0.2, 0) is 13.1 Å². The molecule has 2 N–H and O–H groups in total. The molecule has 0 saturated carbocycles. The monoisotopic (exact) mass is 266 g/mol. The molecule has 0 radical (unpaired) electrons. The summed E-state index contributed by atoms with van der Waals surface area (Å²) in [5.41, 5.74) is 6.71. The molecule has 3 aromatic rings. The number of hydrogen-bond acceptors (Lipinski definition) is 5. The molecule has 0 saturated heterocycles. The van der Waals surface area contributed by atoms with E-state index in [4.69, 9.17) is 5.73 Å². The summed E-state index contributed by atoms with van der Waals surface area (Å²) >= 11 is 0. The van der Waals surface area contributed by atoms with E-state index in [0.29, 0.717) is 5.95 Å². The third kappa shape index (κ3) is 1.69. The molecule has 0 spiro atoms. The van der Waals surface area contributed by atoms with Crippen LogP contribution in [0.25, 0.3) is 10.9 Å². The Kier molecular flexibility index (Phi) is 2.35. The highest BCUT2D eigenvalue weighted by molar-refractivity contribution is 5.90. The molecule has 6 nitrogen and oxygen atoms in total. The van der Waals surface area contributed by atoms with Crippen molar-refractivity contribution in [3.8, 4) is 0 Å². The molecule has 1 aliphatic rings. The van der Waals surface area contributed by atoms with E-state index < -0.39 is 0 Å². The summed E-state index contributed by atoms with van der Waals surface area (Å²) in [5, 5.41) is 1.03. The Labute approximate surface area is 115 Å². The molecule has 2 aromatic heterocycles. The molecule has 0 atom stereocenters. The first-order valence-electron chi connectivity index (χ1n) is 6.58. The third-order valence-electron chi connectivity index (χ3n) is 3.64. The quantitative estimate of drug-likeness (QED) is 0.721. The molecule has 4 rings (SSSR count). The van der Waals surface area contributed by atoms with Gasteiger partial charge in [-0.3, -0.25) is 0 Å². The van der Waals surface area contributed by atoms with Crippen LogP contribution in [0.3, 0.4) is 0 Å². The lowest BCUT2D eigenvalue weighted by Gasteiger charge is -2.29. The van der Waals surface area contributed by atoms with Crippen LogP contribution in [0.4, 0.5) is 11.8 Å². The van der Waals surface area contributed by atoms with Gasteiger partial charge in [-0.2, -0.15) is 4.98 Å². The number of aromatic nitrogens is 4. The Hall–Kier alpha value is -2.63. The van der Waals surface area contributed by atoms with Crippen molar-refractivity contribution in [2.75, 3.05) is 17.2 Å². The molecule has 0 bridgehead atoms. The van der Waals surface area contributed by atoms with Gasteiger partial charge in [0.05, 0.1) is 12.1 Å². The second-order valence-corrected chi connectivity index (χ2v) is 4.88. The molecule has 0 unspecified atom stereocenters. The zero-order chi connectivity index (χ0) is 13.5. The maximum Gasteiger partial charge on any atom is 0.222 e. The third-order valence-corrected chi connectivity index (χ3v) is 3.64. The van der Waals surface area contributed by atoms with Gasteiger partial charge in [0.1, 0.15) is 11.6 Å². The number of rotatable bonds is 1. The fraction of sp³-hybridized carbons (Fsp3) is 0.214. The van der Waals surface area contributed by atoms with Crippen molar-refractivity contribution in [1.29, 1.82) is 0 Å². The van der Waals surface area contributed by atoms with Gasteiger partial charge < -0.3 is 15.2 Å². The smallest absolute Gasteiger partial charge is 0.222 e. The second-order valence-electron chi connectivity index (χ2n) is 4.88. The predicted octanol–water partition coefficient (Wildman–Crippen LogP) is 1.43. The molecule has 20 heavy (non-hydrogen) atoms. The summed E-state index contributed by atoms with van der Waals surface area (Å²) in [6.45, 7) is 2.55. The van der Waals surface area contributed by atoms with Gasteiger partial charge in [0.2, 0.25) is 5.95 Å². The van der Waals surface area contributed by atoms with Crippen LogP contribution in [-0.4, -0.2) is 26.1 Å².